The molecule has 1 amide bonds. The van der Waals surface area contributed by atoms with Crippen LogP contribution in [0.2, 0.25) is 0 Å². The molecule has 0 bridgehead atoms. The number of rotatable bonds is 2. The van der Waals surface area contributed by atoms with Crippen molar-refractivity contribution in [1.29, 1.82) is 0 Å². The molecule has 14 heavy (non-hydrogen) atoms. The molecule has 0 aliphatic carbocycles. The average Bonchev–Trinajstić information content (AvgIpc) is 2.70. The van der Waals surface area contributed by atoms with Gasteiger partial charge in [-0.2, -0.15) is 0 Å². The molecule has 2 atom stereocenters. The second-order valence-electron chi connectivity index (χ2n) is 4.10. The molecule has 2 fully saturated rings. The molecule has 0 spiro atoms. The lowest BCUT2D eigenvalue weighted by Crippen LogP contribution is -2.58. The lowest BCUT2D eigenvalue weighted by Gasteiger charge is -2.38. The van der Waals surface area contributed by atoms with Crippen LogP contribution < -0.4 is 10.6 Å². The van der Waals surface area contributed by atoms with Gasteiger partial charge in [0, 0.05) is 25.7 Å². The van der Waals surface area contributed by atoms with Crippen LogP contribution in [0.5, 0.6) is 0 Å². The summed E-state index contributed by atoms with van der Waals surface area (Å²) < 4.78 is 0. The lowest BCUT2D eigenvalue weighted by atomic mass is 10.1. The third-order valence-corrected chi connectivity index (χ3v) is 3.26. The van der Waals surface area contributed by atoms with Crippen molar-refractivity contribution in [3.8, 4) is 0 Å². The van der Waals surface area contributed by atoms with E-state index in [0.717, 1.165) is 32.6 Å². The highest BCUT2D eigenvalue weighted by atomic mass is 16.2. The fourth-order valence-corrected chi connectivity index (χ4v) is 2.51. The van der Waals surface area contributed by atoms with Crippen LogP contribution in [0.1, 0.15) is 19.8 Å². The molecule has 2 heterocycles. The molecule has 2 aliphatic heterocycles. The normalized spacial score (nSPS) is 34.5. The predicted octanol–water partition coefficient (Wildman–Crippen LogP) is -0.441. The fourth-order valence-electron chi connectivity index (χ4n) is 2.51. The molecule has 0 saturated carbocycles. The van der Waals surface area contributed by atoms with Gasteiger partial charge in [-0.25, -0.2) is 0 Å². The Kier molecular flexibility index (Phi) is 3.03. The molecule has 2 aliphatic rings. The summed E-state index contributed by atoms with van der Waals surface area (Å²) in [6.45, 7) is 6.05. The standard InChI is InChI=1S/C10H19N3O/c1-2-9-10(14)12-5-6-13(9)8-3-4-11-7-8/h8-9,11H,2-7H2,1H3,(H,12,14). The van der Waals surface area contributed by atoms with E-state index in [4.69, 9.17) is 0 Å². The van der Waals surface area contributed by atoms with Crippen molar-refractivity contribution in [3.05, 3.63) is 0 Å². The minimum atomic E-state index is 0.105. The number of hydrogen-bond acceptors (Lipinski definition) is 3. The summed E-state index contributed by atoms with van der Waals surface area (Å²) in [5.74, 6) is 0.214. The van der Waals surface area contributed by atoms with Crippen LogP contribution in [-0.4, -0.2) is 49.1 Å². The first-order valence-electron chi connectivity index (χ1n) is 5.57. The molecule has 0 aromatic rings. The first-order valence-corrected chi connectivity index (χ1v) is 5.57. The topological polar surface area (TPSA) is 44.4 Å². The zero-order valence-corrected chi connectivity index (χ0v) is 8.75. The third kappa shape index (κ3) is 1.77. The van der Waals surface area contributed by atoms with Crippen molar-refractivity contribution in [1.82, 2.24) is 15.5 Å². The van der Waals surface area contributed by atoms with Gasteiger partial charge in [0.1, 0.15) is 0 Å². The summed E-state index contributed by atoms with van der Waals surface area (Å²) in [5, 5.41) is 6.29. The highest BCUT2D eigenvalue weighted by molar-refractivity contribution is 5.82. The van der Waals surface area contributed by atoms with E-state index >= 15 is 0 Å². The minimum Gasteiger partial charge on any atom is -0.353 e. The van der Waals surface area contributed by atoms with Crippen LogP contribution in [0.4, 0.5) is 0 Å². The second-order valence-corrected chi connectivity index (χ2v) is 4.10. The molecular weight excluding hydrogens is 178 g/mol. The van der Waals surface area contributed by atoms with E-state index in [9.17, 15) is 4.79 Å². The first kappa shape index (κ1) is 9.93. The summed E-state index contributed by atoms with van der Waals surface area (Å²) in [5.41, 5.74) is 0. The molecular formula is C10H19N3O. The SMILES string of the molecule is CCC1C(=O)NCCN1C1CCNC1. The van der Waals surface area contributed by atoms with Crippen molar-refractivity contribution >= 4 is 5.91 Å². The van der Waals surface area contributed by atoms with E-state index in [1.165, 1.54) is 6.42 Å². The summed E-state index contributed by atoms with van der Waals surface area (Å²) in [4.78, 5) is 14.0. The fraction of sp³-hybridized carbons (Fsp3) is 0.900. The highest BCUT2D eigenvalue weighted by Gasteiger charge is 2.33. The van der Waals surface area contributed by atoms with Crippen molar-refractivity contribution in [2.75, 3.05) is 26.2 Å². The smallest absolute Gasteiger partial charge is 0.237 e. The van der Waals surface area contributed by atoms with Gasteiger partial charge in [0.25, 0.3) is 0 Å². The van der Waals surface area contributed by atoms with Crippen molar-refractivity contribution < 1.29 is 4.79 Å². The average molecular weight is 197 g/mol. The monoisotopic (exact) mass is 197 g/mol. The molecule has 0 aromatic heterocycles. The molecule has 2 unspecified atom stereocenters. The third-order valence-electron chi connectivity index (χ3n) is 3.26. The lowest BCUT2D eigenvalue weighted by molar-refractivity contribution is -0.130. The summed E-state index contributed by atoms with van der Waals surface area (Å²) in [7, 11) is 0. The summed E-state index contributed by atoms with van der Waals surface area (Å²) >= 11 is 0. The van der Waals surface area contributed by atoms with Crippen LogP contribution in [0, 0.1) is 0 Å². The number of nitrogens with one attached hydrogen (secondary N) is 2. The van der Waals surface area contributed by atoms with E-state index in [2.05, 4.69) is 22.5 Å². The maximum atomic E-state index is 11.6. The molecule has 0 aromatic carbocycles. The van der Waals surface area contributed by atoms with Gasteiger partial charge in [-0.3, -0.25) is 9.69 Å². The Balaban J connectivity index is 2.03. The molecule has 2 rings (SSSR count). The van der Waals surface area contributed by atoms with Crippen LogP contribution in [0.3, 0.4) is 0 Å². The van der Waals surface area contributed by atoms with Gasteiger partial charge in [0.2, 0.25) is 5.91 Å². The molecule has 2 N–H and O–H groups in total. The maximum absolute atomic E-state index is 11.6. The molecule has 0 radical (unpaired) electrons. The number of carbonyl (C=O) groups excluding carboxylic acids is 1. The Hall–Kier alpha value is -0.610. The number of hydrogen-bond donors (Lipinski definition) is 2. The number of carbonyl (C=O) groups is 1. The van der Waals surface area contributed by atoms with Gasteiger partial charge in [-0.1, -0.05) is 6.92 Å². The largest absolute Gasteiger partial charge is 0.353 e. The summed E-state index contributed by atoms with van der Waals surface area (Å²) in [6, 6.07) is 0.680. The van der Waals surface area contributed by atoms with E-state index in [1.807, 2.05) is 0 Å². The van der Waals surface area contributed by atoms with Gasteiger partial charge < -0.3 is 10.6 Å². The summed E-state index contributed by atoms with van der Waals surface area (Å²) in [6.07, 6.45) is 2.10. The van der Waals surface area contributed by atoms with Crippen molar-refractivity contribution in [2.45, 2.75) is 31.8 Å². The van der Waals surface area contributed by atoms with Gasteiger partial charge in [-0.05, 0) is 19.4 Å². The van der Waals surface area contributed by atoms with Crippen molar-refractivity contribution in [3.63, 3.8) is 0 Å². The Labute approximate surface area is 85.0 Å². The van der Waals surface area contributed by atoms with Crippen LogP contribution in [-0.2, 0) is 4.79 Å². The number of nitrogens with zero attached hydrogens (tertiary/aromatic N) is 1. The second kappa shape index (κ2) is 4.28. The van der Waals surface area contributed by atoms with E-state index in [0.29, 0.717) is 6.04 Å². The minimum absolute atomic E-state index is 0.105. The Bertz CT molecular complexity index is 213. The van der Waals surface area contributed by atoms with Crippen LogP contribution in [0.25, 0.3) is 0 Å². The quantitative estimate of drug-likeness (QED) is 0.631. The zero-order chi connectivity index (χ0) is 9.97. The van der Waals surface area contributed by atoms with Gasteiger partial charge >= 0.3 is 0 Å². The number of amides is 1. The van der Waals surface area contributed by atoms with Gasteiger partial charge in [0.05, 0.1) is 6.04 Å². The van der Waals surface area contributed by atoms with Crippen molar-refractivity contribution in [2.24, 2.45) is 0 Å². The maximum Gasteiger partial charge on any atom is 0.237 e. The Morgan fingerprint density at radius 2 is 2.36 bits per heavy atom. The zero-order valence-electron chi connectivity index (χ0n) is 8.75. The van der Waals surface area contributed by atoms with Crippen LogP contribution in [0.15, 0.2) is 0 Å². The van der Waals surface area contributed by atoms with Gasteiger partial charge in [-0.15, -0.1) is 0 Å². The number of piperazine rings is 1. The molecule has 4 heteroatoms. The first-order chi connectivity index (χ1) is 6.83. The predicted molar refractivity (Wildman–Crippen MR) is 55.1 cm³/mol. The Morgan fingerprint density at radius 1 is 1.50 bits per heavy atom. The van der Waals surface area contributed by atoms with Gasteiger partial charge in [0.15, 0.2) is 0 Å². The molecule has 80 valence electrons. The highest BCUT2D eigenvalue weighted by Crippen LogP contribution is 2.16. The van der Waals surface area contributed by atoms with E-state index < -0.39 is 0 Å². The van der Waals surface area contributed by atoms with E-state index in [1.54, 1.807) is 0 Å². The van der Waals surface area contributed by atoms with Crippen LogP contribution >= 0.6 is 0 Å². The van der Waals surface area contributed by atoms with E-state index in [-0.39, 0.29) is 11.9 Å². The Morgan fingerprint density at radius 3 is 3.00 bits per heavy atom. The molecule has 2 saturated heterocycles. The molecule has 4 nitrogen and oxygen atoms in total.